The molecule has 5 amide bonds. The number of hydrogen-bond donors (Lipinski definition) is 10. The van der Waals surface area contributed by atoms with E-state index in [1.807, 2.05) is 18.2 Å². The molecule has 0 radical (unpaired) electrons. The van der Waals surface area contributed by atoms with Gasteiger partial charge in [-0.3, -0.25) is 38.4 Å². The minimum Gasteiger partial charge on any atom is -0.481 e. The highest BCUT2D eigenvalue weighted by molar-refractivity contribution is 5.96. The second-order valence-corrected chi connectivity index (χ2v) is 12.0. The fraction of sp³-hybridized carbons (Fsp3) is 0.500. The molecule has 1 aromatic heterocycles. The Balaban J connectivity index is 2.17. The summed E-state index contributed by atoms with van der Waals surface area (Å²) in [4.78, 5) is 102. The van der Waals surface area contributed by atoms with Crippen LogP contribution >= 0.6 is 0 Å². The number of aromatic amines is 1. The molecule has 0 aliphatic carbocycles. The Morgan fingerprint density at radius 1 is 0.780 bits per heavy atom. The van der Waals surface area contributed by atoms with Gasteiger partial charge in [-0.1, -0.05) is 38.5 Å². The van der Waals surface area contributed by atoms with Crippen molar-refractivity contribution in [2.45, 2.75) is 89.5 Å². The maximum Gasteiger partial charge on any atom is 0.325 e. The molecule has 12 N–H and O–H groups in total. The zero-order valence-electron chi connectivity index (χ0n) is 28.1. The van der Waals surface area contributed by atoms with Gasteiger partial charge in [0.25, 0.3) is 5.91 Å². The summed E-state index contributed by atoms with van der Waals surface area (Å²) in [5.41, 5.74) is 5.03. The Morgan fingerprint density at radius 3 is 2.02 bits per heavy atom. The molecule has 0 unspecified atom stereocenters. The van der Waals surface area contributed by atoms with Gasteiger partial charge in [-0.15, -0.1) is 0 Å². The number of carbonyl (C=O) groups is 8. The highest BCUT2D eigenvalue weighted by Gasteiger charge is 2.32. The summed E-state index contributed by atoms with van der Waals surface area (Å²) in [6.07, 6.45) is 0.756. The van der Waals surface area contributed by atoms with Crippen LogP contribution in [0.4, 0.5) is 0 Å². The molecule has 50 heavy (non-hydrogen) atoms. The van der Waals surface area contributed by atoms with Crippen LogP contribution in [-0.2, 0) is 44.8 Å². The highest BCUT2D eigenvalue weighted by atomic mass is 16.4. The molecular formula is C32H46N7O11+. The van der Waals surface area contributed by atoms with Crippen LogP contribution in [-0.4, -0.2) is 105 Å². The lowest BCUT2D eigenvalue weighted by Gasteiger charge is -2.27. The molecule has 1 heterocycles. The lowest BCUT2D eigenvalue weighted by molar-refractivity contribution is -0.405. The number of fused-ring (bicyclic) bond motifs is 1. The number of nitrogens with one attached hydrogen (secondary N) is 6. The van der Waals surface area contributed by atoms with Crippen LogP contribution < -0.4 is 32.3 Å². The molecule has 0 saturated heterocycles. The Kier molecular flexibility index (Phi) is 15.8. The normalized spacial score (nSPS) is 14.6. The number of para-hydroxylation sites is 1. The van der Waals surface area contributed by atoms with Crippen molar-refractivity contribution in [3.8, 4) is 0 Å². The Hall–Kier alpha value is -5.52. The van der Waals surface area contributed by atoms with E-state index in [1.165, 1.54) is 6.92 Å². The second kappa shape index (κ2) is 19.5. The quantitative estimate of drug-likeness (QED) is 0.0695. The monoisotopic (exact) mass is 704 g/mol. The van der Waals surface area contributed by atoms with Gasteiger partial charge in [0.05, 0.1) is 13.0 Å². The van der Waals surface area contributed by atoms with E-state index in [-0.39, 0.29) is 25.7 Å². The number of aromatic nitrogens is 1. The summed E-state index contributed by atoms with van der Waals surface area (Å²) >= 11 is 0. The van der Waals surface area contributed by atoms with Crippen LogP contribution in [0.2, 0.25) is 0 Å². The first-order chi connectivity index (χ1) is 23.5. The van der Waals surface area contributed by atoms with E-state index in [9.17, 15) is 43.5 Å². The van der Waals surface area contributed by atoms with Crippen molar-refractivity contribution in [1.29, 1.82) is 0 Å². The van der Waals surface area contributed by atoms with Gasteiger partial charge in [-0.05, 0) is 30.9 Å². The fourth-order valence-electron chi connectivity index (χ4n) is 4.84. The summed E-state index contributed by atoms with van der Waals surface area (Å²) in [5, 5.41) is 40.2. The van der Waals surface area contributed by atoms with Gasteiger partial charge in [-0.2, -0.15) is 0 Å². The molecule has 2 rings (SSSR count). The lowest BCUT2D eigenvalue weighted by Crippen LogP contribution is -2.69. The second-order valence-electron chi connectivity index (χ2n) is 12.0. The zero-order valence-corrected chi connectivity index (χ0v) is 28.1. The number of aliphatic carboxylic acids is 3. The molecule has 0 bridgehead atoms. The fourth-order valence-corrected chi connectivity index (χ4v) is 4.84. The molecule has 0 fully saturated rings. The van der Waals surface area contributed by atoms with Crippen molar-refractivity contribution in [3.63, 3.8) is 0 Å². The van der Waals surface area contributed by atoms with E-state index in [1.54, 1.807) is 26.1 Å². The van der Waals surface area contributed by atoms with Gasteiger partial charge < -0.3 is 52.6 Å². The number of amides is 5. The van der Waals surface area contributed by atoms with Crippen molar-refractivity contribution >= 4 is 58.3 Å². The Morgan fingerprint density at radius 2 is 1.40 bits per heavy atom. The van der Waals surface area contributed by atoms with Crippen LogP contribution in [0.25, 0.3) is 10.9 Å². The van der Waals surface area contributed by atoms with Crippen LogP contribution in [0.1, 0.15) is 58.4 Å². The summed E-state index contributed by atoms with van der Waals surface area (Å²) in [5.74, 6) is -8.13. The zero-order chi connectivity index (χ0) is 37.5. The first-order valence-corrected chi connectivity index (χ1v) is 16.1. The minimum atomic E-state index is -1.38. The molecule has 18 nitrogen and oxygen atoms in total. The van der Waals surface area contributed by atoms with Crippen molar-refractivity contribution < 1.29 is 59.4 Å². The largest absolute Gasteiger partial charge is 0.481 e. The number of rotatable bonds is 21. The lowest BCUT2D eigenvalue weighted by atomic mass is 9.97. The summed E-state index contributed by atoms with van der Waals surface area (Å²) in [7, 11) is 0. The van der Waals surface area contributed by atoms with E-state index in [2.05, 4.69) is 37.3 Å². The number of carbonyl (C=O) groups excluding carboxylic acids is 5. The molecule has 2 aromatic rings. The van der Waals surface area contributed by atoms with Crippen molar-refractivity contribution in [1.82, 2.24) is 31.6 Å². The Bertz CT molecular complexity index is 1560. The van der Waals surface area contributed by atoms with Crippen LogP contribution in [0.3, 0.4) is 0 Å². The average molecular weight is 705 g/mol. The highest BCUT2D eigenvalue weighted by Crippen LogP contribution is 2.19. The third kappa shape index (κ3) is 12.8. The standard InChI is InChI=1S/C32H45N7O11/c1-4-16(2)27(39-24(40)15-35-29(46)22(10-12-26(43)44)37-28(45)20(33)9-11-25(41)42)31(48)38-23(30(47)36-17(3)32(49)50)13-18-14-34-21-8-6-5-7-19(18)21/h5-8,14,16-17,20,22-23,27,34H,4,9-13,15,33H2,1-3H3,(H,35,46)(H,36,47)(H,37,45)(H,38,48)(H,39,40)(H,41,42)(H,43,44)(H,49,50)/p+1/t16-,17-,20-,22-,23-,27-/m0/s1. The predicted octanol–water partition coefficient (Wildman–Crippen LogP) is -1.74. The first kappa shape index (κ1) is 40.7. The molecule has 18 heteroatoms. The van der Waals surface area contributed by atoms with E-state index in [0.29, 0.717) is 12.0 Å². The van der Waals surface area contributed by atoms with Gasteiger partial charge >= 0.3 is 17.9 Å². The average Bonchev–Trinajstić information content (AvgIpc) is 3.48. The van der Waals surface area contributed by atoms with Gasteiger partial charge in [0.2, 0.25) is 23.6 Å². The molecule has 0 aliphatic rings. The van der Waals surface area contributed by atoms with E-state index in [0.717, 1.165) is 10.9 Å². The van der Waals surface area contributed by atoms with Gasteiger partial charge in [0, 0.05) is 36.4 Å². The number of carboxylic acids is 3. The van der Waals surface area contributed by atoms with Gasteiger partial charge in [0.1, 0.15) is 24.2 Å². The third-order valence-corrected chi connectivity index (χ3v) is 8.05. The third-order valence-electron chi connectivity index (χ3n) is 8.05. The maximum atomic E-state index is 13.6. The summed E-state index contributed by atoms with van der Waals surface area (Å²) < 4.78 is 0. The Labute approximate surface area is 287 Å². The van der Waals surface area contributed by atoms with Crippen molar-refractivity contribution in [2.75, 3.05) is 6.54 Å². The number of hydrogen-bond acceptors (Lipinski definition) is 8. The number of H-pyrrole nitrogens is 1. The van der Waals surface area contributed by atoms with Crippen molar-refractivity contribution in [2.24, 2.45) is 5.92 Å². The van der Waals surface area contributed by atoms with Gasteiger partial charge in [-0.25, -0.2) is 0 Å². The van der Waals surface area contributed by atoms with Crippen molar-refractivity contribution in [3.05, 3.63) is 36.0 Å². The molecule has 0 spiro atoms. The molecule has 6 atom stereocenters. The molecule has 274 valence electrons. The van der Waals surface area contributed by atoms with E-state index in [4.69, 9.17) is 10.2 Å². The topological polar surface area (TPSA) is 301 Å². The molecule has 0 aliphatic heterocycles. The van der Waals surface area contributed by atoms with Crippen LogP contribution in [0.5, 0.6) is 0 Å². The SMILES string of the molecule is CC[C@H](C)[C@H](NC(=O)CNC(=O)[C@H](CCC(=O)O)NC(=O)[C@@H]([NH3+])CCC(=O)O)C(=O)N[C@@H](Cc1c[nH]c2ccccc12)C(=O)N[C@@H](C)C(=O)O. The first-order valence-electron chi connectivity index (χ1n) is 16.1. The van der Waals surface area contributed by atoms with Gasteiger partial charge in [0.15, 0.2) is 6.04 Å². The molecule has 0 saturated carbocycles. The number of quaternary nitrogens is 1. The van der Waals surface area contributed by atoms with Crippen LogP contribution in [0.15, 0.2) is 30.5 Å². The van der Waals surface area contributed by atoms with E-state index >= 15 is 0 Å². The summed E-state index contributed by atoms with van der Waals surface area (Å²) in [6.45, 7) is 4.06. The maximum absolute atomic E-state index is 13.6. The number of carboxylic acid groups (broad SMARTS) is 3. The smallest absolute Gasteiger partial charge is 0.325 e. The summed E-state index contributed by atoms with van der Waals surface area (Å²) in [6, 6.07) is 1.16. The molecule has 1 aromatic carbocycles. The van der Waals surface area contributed by atoms with Crippen LogP contribution in [0, 0.1) is 5.92 Å². The molecular weight excluding hydrogens is 658 g/mol. The minimum absolute atomic E-state index is 0.0148. The number of benzene rings is 1. The predicted molar refractivity (Wildman–Crippen MR) is 176 cm³/mol. The van der Waals surface area contributed by atoms with E-state index < -0.39 is 96.5 Å².